The van der Waals surface area contributed by atoms with Gasteiger partial charge in [0.15, 0.2) is 5.75 Å². The van der Waals surface area contributed by atoms with Crippen LogP contribution in [0.5, 0.6) is 5.75 Å². The third-order valence-electron chi connectivity index (χ3n) is 8.11. The lowest BCUT2D eigenvalue weighted by atomic mass is 9.98. The van der Waals surface area contributed by atoms with Gasteiger partial charge in [0.25, 0.3) is 0 Å². The minimum absolute atomic E-state index is 0.954. The molecule has 3 nitrogen and oxygen atoms in total. The Morgan fingerprint density at radius 3 is 2.21 bits per heavy atom. The fourth-order valence-corrected chi connectivity index (χ4v) is 7.52. The van der Waals surface area contributed by atoms with Gasteiger partial charge in [-0.3, -0.25) is 0 Å². The summed E-state index contributed by atoms with van der Waals surface area (Å²) < 4.78 is 8.76. The molecule has 0 radical (unpaired) electrons. The number of allylic oxidation sites excluding steroid dienone is 2. The van der Waals surface area contributed by atoms with Crippen molar-refractivity contribution in [1.29, 1.82) is 0 Å². The number of para-hydroxylation sites is 3. The zero-order chi connectivity index (χ0) is 25.1. The molecule has 4 heteroatoms. The van der Waals surface area contributed by atoms with Gasteiger partial charge in [0, 0.05) is 28.9 Å². The lowest BCUT2D eigenvalue weighted by Gasteiger charge is -2.37. The van der Waals surface area contributed by atoms with Crippen molar-refractivity contribution in [3.05, 3.63) is 114 Å². The second-order valence-corrected chi connectivity index (χ2v) is 11.4. The van der Waals surface area contributed by atoms with Crippen LogP contribution in [0.15, 0.2) is 114 Å². The van der Waals surface area contributed by atoms with Gasteiger partial charge in [-0.1, -0.05) is 54.6 Å². The maximum absolute atomic E-state index is 6.31. The van der Waals surface area contributed by atoms with Crippen molar-refractivity contribution in [1.82, 2.24) is 4.57 Å². The molecular formula is C34H28N2OS. The van der Waals surface area contributed by atoms with Crippen LogP contribution in [0.3, 0.4) is 0 Å². The number of hydrogen-bond donors (Lipinski definition) is 0. The summed E-state index contributed by atoms with van der Waals surface area (Å²) in [6.07, 6.45) is 5.64. The predicted octanol–water partition coefficient (Wildman–Crippen LogP) is 9.26. The second-order valence-electron chi connectivity index (χ2n) is 10.3. The smallest absolute Gasteiger partial charge is 0.151 e. The topological polar surface area (TPSA) is 17.4 Å². The molecule has 0 amide bonds. The molecule has 186 valence electrons. The third-order valence-corrected chi connectivity index (χ3v) is 9.22. The van der Waals surface area contributed by atoms with E-state index in [0.717, 1.165) is 36.5 Å². The molecular weight excluding hydrogens is 484 g/mol. The lowest BCUT2D eigenvalue weighted by molar-refractivity contribution is 0.363. The van der Waals surface area contributed by atoms with Crippen molar-refractivity contribution in [2.75, 3.05) is 10.7 Å². The Morgan fingerprint density at radius 2 is 1.37 bits per heavy atom. The molecule has 1 aliphatic carbocycles. The fraction of sp³-hybridized carbons (Fsp3) is 0.176. The van der Waals surface area contributed by atoms with Crippen LogP contribution in [0.25, 0.3) is 27.7 Å². The molecule has 38 heavy (non-hydrogen) atoms. The van der Waals surface area contributed by atoms with E-state index in [4.69, 9.17) is 4.74 Å². The van der Waals surface area contributed by atoms with E-state index in [-0.39, 0.29) is 0 Å². The van der Waals surface area contributed by atoms with Gasteiger partial charge in [-0.15, -0.1) is 11.8 Å². The van der Waals surface area contributed by atoms with E-state index in [0.29, 0.717) is 0 Å². The maximum Gasteiger partial charge on any atom is 0.151 e. The van der Waals surface area contributed by atoms with E-state index in [2.05, 4.69) is 107 Å². The number of aromatic nitrogens is 1. The number of anilines is 2. The number of thioether (sulfide) groups is 1. The second kappa shape index (κ2) is 8.85. The summed E-state index contributed by atoms with van der Waals surface area (Å²) in [6, 6.07) is 35.3. The zero-order valence-electron chi connectivity index (χ0n) is 21.2. The highest BCUT2D eigenvalue weighted by molar-refractivity contribution is 7.99. The van der Waals surface area contributed by atoms with E-state index < -0.39 is 0 Å². The molecule has 0 spiro atoms. The summed E-state index contributed by atoms with van der Waals surface area (Å²) >= 11 is 1.98. The summed E-state index contributed by atoms with van der Waals surface area (Å²) in [6.45, 7) is 0. The summed E-state index contributed by atoms with van der Waals surface area (Å²) in [4.78, 5) is 2.41. The van der Waals surface area contributed by atoms with Crippen molar-refractivity contribution in [3.63, 3.8) is 0 Å². The van der Waals surface area contributed by atoms with Crippen LogP contribution in [0.1, 0.15) is 31.2 Å². The van der Waals surface area contributed by atoms with E-state index in [1.807, 2.05) is 11.8 Å². The van der Waals surface area contributed by atoms with Crippen molar-refractivity contribution in [2.45, 2.75) is 37.1 Å². The molecule has 0 saturated heterocycles. The largest absolute Gasteiger partial charge is 0.458 e. The Labute approximate surface area is 227 Å². The van der Waals surface area contributed by atoms with E-state index in [1.54, 1.807) is 0 Å². The number of nitrogens with zero attached hydrogens (tertiary/aromatic N) is 2. The fourth-order valence-electron chi connectivity index (χ4n) is 6.30. The molecule has 8 rings (SSSR count). The molecule has 3 heterocycles. The Morgan fingerprint density at radius 1 is 0.658 bits per heavy atom. The first-order valence-corrected chi connectivity index (χ1v) is 14.6. The number of aryl methyl sites for hydroxylation is 1. The van der Waals surface area contributed by atoms with Gasteiger partial charge in [0.1, 0.15) is 5.76 Å². The zero-order valence-corrected chi connectivity index (χ0v) is 22.0. The van der Waals surface area contributed by atoms with Crippen LogP contribution in [-0.4, -0.2) is 10.3 Å². The van der Waals surface area contributed by atoms with E-state index >= 15 is 0 Å². The Hall–Kier alpha value is -3.89. The Kier molecular flexibility index (Phi) is 5.15. The molecule has 5 aromatic rings. The predicted molar refractivity (Wildman–Crippen MR) is 158 cm³/mol. The number of ether oxygens (including phenoxy) is 1. The van der Waals surface area contributed by atoms with Crippen molar-refractivity contribution < 1.29 is 4.74 Å². The van der Waals surface area contributed by atoms with Crippen LogP contribution in [-0.2, 0) is 6.42 Å². The van der Waals surface area contributed by atoms with Gasteiger partial charge in [-0.2, -0.15) is 0 Å². The van der Waals surface area contributed by atoms with Gasteiger partial charge in [0.2, 0.25) is 0 Å². The molecule has 1 aromatic heterocycles. The summed E-state index contributed by atoms with van der Waals surface area (Å²) in [5, 5.41) is 2.80. The maximum atomic E-state index is 6.31. The number of fused-ring (bicyclic) bond motifs is 4. The average Bonchev–Trinajstić information content (AvgIpc) is 3.57. The molecule has 4 aromatic carbocycles. The number of rotatable bonds is 3. The monoisotopic (exact) mass is 512 g/mol. The van der Waals surface area contributed by atoms with Gasteiger partial charge in [-0.25, -0.2) is 0 Å². The van der Waals surface area contributed by atoms with Gasteiger partial charge < -0.3 is 14.2 Å². The first kappa shape index (κ1) is 22.1. The molecule has 0 fully saturated rings. The quantitative estimate of drug-likeness (QED) is 0.240. The van der Waals surface area contributed by atoms with E-state index in [1.165, 1.54) is 68.3 Å². The summed E-state index contributed by atoms with van der Waals surface area (Å²) in [5.74, 6) is 3.26. The van der Waals surface area contributed by atoms with Crippen molar-refractivity contribution in [2.24, 2.45) is 0 Å². The highest BCUT2D eigenvalue weighted by Gasteiger charge is 2.29. The normalized spacial score (nSPS) is 16.3. The van der Waals surface area contributed by atoms with Gasteiger partial charge in [0.05, 0.1) is 21.9 Å². The Bertz CT molecular complexity index is 1710. The lowest BCUT2D eigenvalue weighted by Crippen LogP contribution is -2.26. The first-order valence-electron chi connectivity index (χ1n) is 13.6. The minimum atomic E-state index is 0.954. The average molecular weight is 513 g/mol. The van der Waals surface area contributed by atoms with E-state index in [9.17, 15) is 0 Å². The van der Waals surface area contributed by atoms with Crippen molar-refractivity contribution >= 4 is 34.0 Å². The third kappa shape index (κ3) is 3.44. The SMILES string of the molecule is c1ccc2c(c1)OC1=C(CCCC1)N2c1ccc(-c2ccc(-n3c4c(c5ccccc53)CCS4)cc2)cc1. The number of hydrogen-bond acceptors (Lipinski definition) is 3. The van der Waals surface area contributed by atoms with Crippen molar-refractivity contribution in [3.8, 4) is 22.6 Å². The number of benzene rings is 4. The van der Waals surface area contributed by atoms with Crippen LogP contribution < -0.4 is 9.64 Å². The highest BCUT2D eigenvalue weighted by Crippen LogP contribution is 2.46. The van der Waals surface area contributed by atoms with Crippen LogP contribution in [0.4, 0.5) is 11.4 Å². The minimum Gasteiger partial charge on any atom is -0.458 e. The van der Waals surface area contributed by atoms with Crippen LogP contribution in [0.2, 0.25) is 0 Å². The molecule has 0 bridgehead atoms. The highest BCUT2D eigenvalue weighted by atomic mass is 32.2. The van der Waals surface area contributed by atoms with Crippen LogP contribution >= 0.6 is 11.8 Å². The standard InChI is InChI=1S/C34H28N2OS/c1-2-8-29-27(7-1)28-21-22-38-34(28)36(29)26-19-15-24(16-20-26)23-13-17-25(18-14-23)35-30-9-3-5-11-32(30)37-33-12-6-4-10-31(33)35/h1-3,5,7-9,11,13-20H,4,6,10,12,21-22H2. The molecule has 0 atom stereocenters. The molecule has 3 aliphatic rings. The molecule has 0 saturated carbocycles. The summed E-state index contributed by atoms with van der Waals surface area (Å²) in [7, 11) is 0. The summed E-state index contributed by atoms with van der Waals surface area (Å²) in [5.41, 5.74) is 10.2. The van der Waals surface area contributed by atoms with Gasteiger partial charge >= 0.3 is 0 Å². The van der Waals surface area contributed by atoms with Crippen LogP contribution in [0, 0.1) is 0 Å². The molecule has 2 aliphatic heterocycles. The molecule has 0 N–H and O–H groups in total. The van der Waals surface area contributed by atoms with Gasteiger partial charge in [-0.05, 0) is 84.8 Å². The first-order chi connectivity index (χ1) is 18.8. The Balaban J connectivity index is 1.13. The molecule has 0 unspecified atom stereocenters.